The van der Waals surface area contributed by atoms with Gasteiger partial charge in [-0.05, 0) is 43.9 Å². The summed E-state index contributed by atoms with van der Waals surface area (Å²) < 4.78 is 76.7. The highest BCUT2D eigenvalue weighted by molar-refractivity contribution is 5.88. The molecule has 4 rings (SSSR count). The first-order chi connectivity index (χ1) is 15.3. The molecule has 3 aromatic heterocycles. The molecule has 0 saturated heterocycles. The molecule has 1 amide bonds. The van der Waals surface area contributed by atoms with Gasteiger partial charge in [0.2, 0.25) is 5.82 Å². The van der Waals surface area contributed by atoms with E-state index in [-0.39, 0.29) is 0 Å². The van der Waals surface area contributed by atoms with Gasteiger partial charge in [0.25, 0.3) is 11.7 Å². The molecule has 3 aromatic rings. The number of primary amides is 1. The van der Waals surface area contributed by atoms with Crippen molar-refractivity contribution in [1.82, 2.24) is 29.5 Å². The predicted octanol–water partition coefficient (Wildman–Crippen LogP) is 3.54. The topological polar surface area (TPSA) is 105 Å². The Morgan fingerprint density at radius 3 is 2.27 bits per heavy atom. The lowest BCUT2D eigenvalue weighted by molar-refractivity contribution is -0.145. The molecular weight excluding hydrogens is 456 g/mol. The van der Waals surface area contributed by atoms with Gasteiger partial charge in [0.1, 0.15) is 5.69 Å². The second-order valence-corrected chi connectivity index (χ2v) is 7.33. The fraction of sp³-hybridized carbons (Fsp3) is 0.421. The molecule has 1 aliphatic heterocycles. The Morgan fingerprint density at radius 2 is 1.76 bits per heavy atom. The fourth-order valence-electron chi connectivity index (χ4n) is 3.22. The molecule has 0 aromatic carbocycles. The molecule has 0 saturated carbocycles. The fourth-order valence-corrected chi connectivity index (χ4v) is 3.22. The van der Waals surface area contributed by atoms with E-state index in [2.05, 4.69) is 20.2 Å². The second kappa shape index (κ2) is 8.83. The number of carbonyl (C=O) groups is 1. The molecule has 2 N–H and O–H groups in total. The van der Waals surface area contributed by atoms with Crippen molar-refractivity contribution in [3.63, 3.8) is 0 Å². The largest absolute Gasteiger partial charge is 0.453 e. The van der Waals surface area contributed by atoms with E-state index in [1.165, 1.54) is 6.20 Å². The normalized spacial score (nSPS) is 13.8. The number of carbonyl (C=O) groups excluding carboxylic acids is 1. The van der Waals surface area contributed by atoms with Gasteiger partial charge in [-0.25, -0.2) is 4.68 Å². The number of pyridine rings is 1. The maximum atomic E-state index is 12.8. The summed E-state index contributed by atoms with van der Waals surface area (Å²) in [5.41, 5.74) is 6.78. The van der Waals surface area contributed by atoms with Crippen LogP contribution in [0.5, 0.6) is 0 Å². The Labute approximate surface area is 183 Å². The first-order valence-electron chi connectivity index (χ1n) is 9.66. The molecule has 0 bridgehead atoms. The van der Waals surface area contributed by atoms with Crippen LogP contribution in [0.25, 0.3) is 11.3 Å². The molecule has 0 aliphatic carbocycles. The van der Waals surface area contributed by atoms with Gasteiger partial charge < -0.3 is 5.73 Å². The number of hydrogen-bond acceptors (Lipinski definition) is 5. The van der Waals surface area contributed by atoms with Gasteiger partial charge in [0.15, 0.2) is 0 Å². The molecular formula is C19H19F6N7O. The van der Waals surface area contributed by atoms with E-state index in [1.54, 1.807) is 6.92 Å². The minimum absolute atomic E-state index is 0.509. The maximum absolute atomic E-state index is 12.8. The van der Waals surface area contributed by atoms with Gasteiger partial charge >= 0.3 is 12.4 Å². The van der Waals surface area contributed by atoms with E-state index < -0.39 is 35.6 Å². The van der Waals surface area contributed by atoms with E-state index >= 15 is 0 Å². The molecule has 0 spiro atoms. The summed E-state index contributed by atoms with van der Waals surface area (Å²) in [6, 6.07) is 2.98. The Balaban J connectivity index is 0.000000205. The van der Waals surface area contributed by atoms with Gasteiger partial charge in [-0.2, -0.15) is 36.4 Å². The molecule has 1 aliphatic rings. The number of nitrogens with zero attached hydrogens (tertiary/aromatic N) is 6. The zero-order valence-corrected chi connectivity index (χ0v) is 17.5. The van der Waals surface area contributed by atoms with Crippen LogP contribution in [-0.4, -0.2) is 35.4 Å². The summed E-state index contributed by atoms with van der Waals surface area (Å²) in [5.74, 6) is -2.94. The standard InChI is InChI=1S/C14H14F3N3.C5H5F3N4O/c1-9-8-18-13(14(15,16)17)7-11(9)12-6-10-4-2-3-5-20(10)19-12;1-12-3(2(9)13)10-4(11-12)5(6,7)8/h6-8H,2-5H2,1H3;1H3,(H2,9,13). The van der Waals surface area contributed by atoms with Gasteiger partial charge in [0.05, 0.1) is 5.69 Å². The molecule has 8 nitrogen and oxygen atoms in total. The third-order valence-electron chi connectivity index (χ3n) is 4.82. The van der Waals surface area contributed by atoms with Crippen molar-refractivity contribution in [2.24, 2.45) is 12.8 Å². The molecule has 0 fully saturated rings. The van der Waals surface area contributed by atoms with E-state index in [0.717, 1.165) is 44.6 Å². The number of hydrogen-bond donors (Lipinski definition) is 1. The molecule has 14 heteroatoms. The van der Waals surface area contributed by atoms with Gasteiger partial charge in [-0.3, -0.25) is 14.5 Å². The SMILES string of the molecule is Cc1cnc(C(F)(F)F)cc1-c1cc2n(n1)CCCC2.Cn1nc(C(F)(F)F)nc1C(N)=O. The number of alkyl halides is 6. The van der Waals surface area contributed by atoms with E-state index in [1.807, 2.05) is 10.7 Å². The van der Waals surface area contributed by atoms with Crippen LogP contribution < -0.4 is 5.73 Å². The lowest BCUT2D eigenvalue weighted by atomic mass is 10.1. The lowest BCUT2D eigenvalue weighted by Crippen LogP contribution is -2.17. The minimum Gasteiger partial charge on any atom is -0.363 e. The van der Waals surface area contributed by atoms with Crippen LogP contribution >= 0.6 is 0 Å². The highest BCUT2D eigenvalue weighted by Crippen LogP contribution is 2.32. The number of rotatable bonds is 2. The average Bonchev–Trinajstić information content (AvgIpc) is 3.31. The average molecular weight is 475 g/mol. The van der Waals surface area contributed by atoms with Crippen LogP contribution in [0.1, 0.15) is 46.2 Å². The maximum Gasteiger partial charge on any atom is 0.453 e. The van der Waals surface area contributed by atoms with Gasteiger partial charge in [-0.1, -0.05) is 0 Å². The number of aryl methyl sites for hydroxylation is 4. The predicted molar refractivity (Wildman–Crippen MR) is 103 cm³/mol. The minimum atomic E-state index is -4.66. The molecule has 0 unspecified atom stereocenters. The highest BCUT2D eigenvalue weighted by Gasteiger charge is 2.37. The van der Waals surface area contributed by atoms with Crippen molar-refractivity contribution >= 4 is 5.91 Å². The summed E-state index contributed by atoms with van der Waals surface area (Å²) >= 11 is 0. The summed E-state index contributed by atoms with van der Waals surface area (Å²) in [5, 5.41) is 7.41. The van der Waals surface area contributed by atoms with E-state index in [9.17, 15) is 31.1 Å². The first-order valence-corrected chi connectivity index (χ1v) is 9.66. The quantitative estimate of drug-likeness (QED) is 0.571. The number of nitrogens with two attached hydrogens (primary N) is 1. The zero-order valence-electron chi connectivity index (χ0n) is 17.5. The molecule has 0 radical (unpaired) electrons. The van der Waals surface area contributed by atoms with Crippen molar-refractivity contribution in [1.29, 1.82) is 0 Å². The van der Waals surface area contributed by atoms with E-state index in [4.69, 9.17) is 5.73 Å². The molecule has 33 heavy (non-hydrogen) atoms. The van der Waals surface area contributed by atoms with Crippen molar-refractivity contribution in [2.75, 3.05) is 0 Å². The molecule has 0 atom stereocenters. The van der Waals surface area contributed by atoms with Crippen molar-refractivity contribution < 1.29 is 31.1 Å². The number of amides is 1. The zero-order chi connectivity index (χ0) is 24.6. The van der Waals surface area contributed by atoms with Crippen molar-refractivity contribution in [3.8, 4) is 11.3 Å². The Kier molecular flexibility index (Phi) is 6.47. The van der Waals surface area contributed by atoms with Crippen LogP contribution in [0.3, 0.4) is 0 Å². The summed E-state index contributed by atoms with van der Waals surface area (Å²) in [6.07, 6.45) is -4.72. The van der Waals surface area contributed by atoms with Crippen LogP contribution in [0.2, 0.25) is 0 Å². The van der Waals surface area contributed by atoms with Crippen LogP contribution in [0, 0.1) is 6.92 Å². The van der Waals surface area contributed by atoms with Crippen LogP contribution in [0.4, 0.5) is 26.3 Å². The smallest absolute Gasteiger partial charge is 0.363 e. The Morgan fingerprint density at radius 1 is 1.06 bits per heavy atom. The summed E-state index contributed by atoms with van der Waals surface area (Å²) in [6.45, 7) is 2.59. The molecule has 4 heterocycles. The summed E-state index contributed by atoms with van der Waals surface area (Å²) in [4.78, 5) is 16.9. The Bertz CT molecular complexity index is 1140. The number of fused-ring (bicyclic) bond motifs is 1. The van der Waals surface area contributed by atoms with Gasteiger partial charge in [-0.15, -0.1) is 5.10 Å². The van der Waals surface area contributed by atoms with E-state index in [0.29, 0.717) is 21.5 Å². The lowest BCUT2D eigenvalue weighted by Gasteiger charge is -2.11. The van der Waals surface area contributed by atoms with Crippen molar-refractivity contribution in [2.45, 2.75) is 45.1 Å². The van der Waals surface area contributed by atoms with Crippen LogP contribution in [-0.2, 0) is 32.4 Å². The van der Waals surface area contributed by atoms with Crippen LogP contribution in [0.15, 0.2) is 18.3 Å². The highest BCUT2D eigenvalue weighted by atomic mass is 19.4. The first kappa shape index (κ1) is 24.2. The third-order valence-corrected chi connectivity index (χ3v) is 4.82. The Hall–Kier alpha value is -3.45. The number of halogens is 6. The van der Waals surface area contributed by atoms with Gasteiger partial charge in [0, 0.05) is 31.0 Å². The monoisotopic (exact) mass is 475 g/mol. The third kappa shape index (κ3) is 5.49. The second-order valence-electron chi connectivity index (χ2n) is 7.33. The summed E-state index contributed by atoms with van der Waals surface area (Å²) in [7, 11) is 1.16. The molecule has 178 valence electrons. The number of aromatic nitrogens is 6. The van der Waals surface area contributed by atoms with Crippen molar-refractivity contribution in [3.05, 3.63) is 46.9 Å².